The van der Waals surface area contributed by atoms with Crippen LogP contribution in [-0.2, 0) is 24.3 Å². The zero-order valence-electron chi connectivity index (χ0n) is 17.7. The van der Waals surface area contributed by atoms with Gasteiger partial charge in [-0.25, -0.2) is 14.4 Å². The first-order valence-electron chi connectivity index (χ1n) is 10.1. The van der Waals surface area contributed by atoms with Gasteiger partial charge in [0.2, 0.25) is 0 Å². The monoisotopic (exact) mass is 466 g/mol. The lowest BCUT2D eigenvalue weighted by Crippen LogP contribution is -2.24. The van der Waals surface area contributed by atoms with Gasteiger partial charge in [0.15, 0.2) is 11.5 Å². The standard InChI is InChI=1S/C23H20ClFN6O2/c1-13(32)8-14-2-4-15(5-3-14)10-26-22-20-19(30-31-22)21(29-12-28-20)23(33)27-11-16-6-7-18(25)17(24)9-16/h2-7,9,12H,8,10-11H2,1H3,(H,27,33)(H2,26,30,31). The summed E-state index contributed by atoms with van der Waals surface area (Å²) in [5.41, 5.74) is 3.63. The number of anilines is 1. The number of nitrogens with one attached hydrogen (secondary N) is 3. The topological polar surface area (TPSA) is 113 Å². The molecule has 3 N–H and O–H groups in total. The number of aromatic nitrogens is 4. The van der Waals surface area contributed by atoms with Crippen molar-refractivity contribution >= 4 is 40.1 Å². The van der Waals surface area contributed by atoms with Crippen molar-refractivity contribution in [1.82, 2.24) is 25.5 Å². The van der Waals surface area contributed by atoms with Crippen molar-refractivity contribution in [2.75, 3.05) is 5.32 Å². The lowest BCUT2D eigenvalue weighted by molar-refractivity contribution is -0.116. The molecule has 0 aliphatic heterocycles. The molecule has 0 aliphatic rings. The maximum Gasteiger partial charge on any atom is 0.272 e. The smallest absolute Gasteiger partial charge is 0.272 e. The van der Waals surface area contributed by atoms with Crippen LogP contribution >= 0.6 is 11.6 Å². The third kappa shape index (κ3) is 5.32. The van der Waals surface area contributed by atoms with Crippen LogP contribution in [-0.4, -0.2) is 31.9 Å². The summed E-state index contributed by atoms with van der Waals surface area (Å²) < 4.78 is 13.3. The van der Waals surface area contributed by atoms with Gasteiger partial charge in [-0.2, -0.15) is 5.10 Å². The highest BCUT2D eigenvalue weighted by atomic mass is 35.5. The number of hydrogen-bond acceptors (Lipinski definition) is 6. The van der Waals surface area contributed by atoms with Crippen LogP contribution in [0.4, 0.5) is 10.2 Å². The molecule has 1 amide bonds. The van der Waals surface area contributed by atoms with Crippen molar-refractivity contribution in [3.05, 3.63) is 82.0 Å². The van der Waals surface area contributed by atoms with Gasteiger partial charge in [0.1, 0.15) is 29.0 Å². The van der Waals surface area contributed by atoms with Gasteiger partial charge in [-0.15, -0.1) is 0 Å². The normalized spacial score (nSPS) is 10.9. The Balaban J connectivity index is 1.44. The molecule has 33 heavy (non-hydrogen) atoms. The first-order chi connectivity index (χ1) is 15.9. The van der Waals surface area contributed by atoms with Gasteiger partial charge in [-0.3, -0.25) is 14.7 Å². The van der Waals surface area contributed by atoms with Crippen molar-refractivity contribution in [2.45, 2.75) is 26.4 Å². The van der Waals surface area contributed by atoms with Crippen molar-refractivity contribution in [2.24, 2.45) is 0 Å². The number of Topliss-reactive ketones (excluding diaryl/α,β-unsaturated/α-hetero) is 1. The fourth-order valence-electron chi connectivity index (χ4n) is 3.30. The quantitative estimate of drug-likeness (QED) is 0.364. The molecule has 2 aromatic heterocycles. The Labute approximate surface area is 193 Å². The molecule has 168 valence electrons. The molecule has 0 fully saturated rings. The summed E-state index contributed by atoms with van der Waals surface area (Å²) in [5, 5.41) is 13.0. The lowest BCUT2D eigenvalue weighted by atomic mass is 10.1. The Hall–Kier alpha value is -3.85. The number of ketones is 1. The van der Waals surface area contributed by atoms with Crippen LogP contribution in [0.15, 0.2) is 48.8 Å². The number of amides is 1. The van der Waals surface area contributed by atoms with E-state index in [1.54, 1.807) is 13.0 Å². The van der Waals surface area contributed by atoms with Gasteiger partial charge in [0.25, 0.3) is 5.91 Å². The summed E-state index contributed by atoms with van der Waals surface area (Å²) in [4.78, 5) is 32.2. The minimum absolute atomic E-state index is 0.0102. The Bertz CT molecular complexity index is 1320. The Morgan fingerprint density at radius 1 is 1.03 bits per heavy atom. The van der Waals surface area contributed by atoms with E-state index < -0.39 is 11.7 Å². The van der Waals surface area contributed by atoms with E-state index in [2.05, 4.69) is 30.8 Å². The summed E-state index contributed by atoms with van der Waals surface area (Å²) in [6.07, 6.45) is 1.71. The summed E-state index contributed by atoms with van der Waals surface area (Å²) in [6, 6.07) is 12.0. The van der Waals surface area contributed by atoms with Gasteiger partial charge in [0, 0.05) is 19.5 Å². The number of rotatable bonds is 8. The van der Waals surface area contributed by atoms with Crippen molar-refractivity contribution < 1.29 is 14.0 Å². The van der Waals surface area contributed by atoms with E-state index in [4.69, 9.17) is 11.6 Å². The second-order valence-electron chi connectivity index (χ2n) is 7.50. The first-order valence-corrected chi connectivity index (χ1v) is 10.5. The van der Waals surface area contributed by atoms with E-state index in [1.807, 2.05) is 24.3 Å². The van der Waals surface area contributed by atoms with Crippen LogP contribution in [0.3, 0.4) is 0 Å². The van der Waals surface area contributed by atoms with Crippen LogP contribution in [0.5, 0.6) is 0 Å². The van der Waals surface area contributed by atoms with E-state index in [0.717, 1.165) is 11.1 Å². The molecule has 0 atom stereocenters. The van der Waals surface area contributed by atoms with E-state index >= 15 is 0 Å². The SMILES string of the molecule is CC(=O)Cc1ccc(CNc2n[nH]c3c(C(=O)NCc4ccc(F)c(Cl)c4)ncnc23)cc1. The van der Waals surface area contributed by atoms with Crippen molar-refractivity contribution in [3.8, 4) is 0 Å². The molecule has 2 heterocycles. The molecule has 4 rings (SSSR count). The van der Waals surface area contributed by atoms with Crippen LogP contribution in [0, 0.1) is 5.82 Å². The number of carbonyl (C=O) groups is 2. The Morgan fingerprint density at radius 2 is 1.76 bits per heavy atom. The maximum absolute atomic E-state index is 13.3. The third-order valence-corrected chi connectivity index (χ3v) is 5.23. The van der Waals surface area contributed by atoms with E-state index in [1.165, 1.54) is 18.5 Å². The Morgan fingerprint density at radius 3 is 2.48 bits per heavy atom. The highest BCUT2D eigenvalue weighted by Gasteiger charge is 2.17. The second kappa shape index (κ2) is 9.74. The molecule has 0 aliphatic carbocycles. The van der Waals surface area contributed by atoms with Gasteiger partial charge >= 0.3 is 0 Å². The first kappa shape index (κ1) is 22.3. The zero-order valence-corrected chi connectivity index (χ0v) is 18.4. The number of halogens is 2. The van der Waals surface area contributed by atoms with E-state index in [-0.39, 0.29) is 23.0 Å². The zero-order chi connectivity index (χ0) is 23.4. The predicted molar refractivity (Wildman–Crippen MR) is 122 cm³/mol. The number of H-pyrrole nitrogens is 1. The lowest BCUT2D eigenvalue weighted by Gasteiger charge is -2.07. The average Bonchev–Trinajstić information content (AvgIpc) is 3.22. The maximum atomic E-state index is 13.3. The molecule has 0 unspecified atom stereocenters. The third-order valence-electron chi connectivity index (χ3n) is 4.94. The molecular weight excluding hydrogens is 447 g/mol. The van der Waals surface area contributed by atoms with Gasteiger partial charge < -0.3 is 10.6 Å². The molecule has 10 heteroatoms. The van der Waals surface area contributed by atoms with Crippen LogP contribution < -0.4 is 10.6 Å². The number of carbonyl (C=O) groups excluding carboxylic acids is 2. The van der Waals surface area contributed by atoms with Crippen LogP contribution in [0.1, 0.15) is 34.1 Å². The van der Waals surface area contributed by atoms with Crippen molar-refractivity contribution in [1.29, 1.82) is 0 Å². The molecular formula is C23H20ClFN6O2. The second-order valence-corrected chi connectivity index (χ2v) is 7.91. The number of benzene rings is 2. The molecule has 2 aromatic carbocycles. The van der Waals surface area contributed by atoms with Crippen molar-refractivity contribution in [3.63, 3.8) is 0 Å². The number of aromatic amines is 1. The fraction of sp³-hybridized carbons (Fsp3) is 0.174. The molecule has 4 aromatic rings. The van der Waals surface area contributed by atoms with Crippen LogP contribution in [0.25, 0.3) is 11.0 Å². The summed E-state index contributed by atoms with van der Waals surface area (Å²) >= 11 is 5.79. The molecule has 0 radical (unpaired) electrons. The summed E-state index contributed by atoms with van der Waals surface area (Å²) in [5.74, 6) is -0.350. The average molecular weight is 467 g/mol. The highest BCUT2D eigenvalue weighted by Crippen LogP contribution is 2.21. The van der Waals surface area contributed by atoms with Gasteiger partial charge in [-0.1, -0.05) is 41.9 Å². The minimum Gasteiger partial charge on any atom is -0.363 e. The molecule has 0 bridgehead atoms. The molecule has 8 nitrogen and oxygen atoms in total. The number of nitrogens with zero attached hydrogens (tertiary/aromatic N) is 3. The molecule has 0 saturated heterocycles. The van der Waals surface area contributed by atoms with Gasteiger partial charge in [0.05, 0.1) is 5.02 Å². The summed E-state index contributed by atoms with van der Waals surface area (Å²) in [6.45, 7) is 2.20. The fourth-order valence-corrected chi connectivity index (χ4v) is 3.50. The highest BCUT2D eigenvalue weighted by molar-refractivity contribution is 6.30. The van der Waals surface area contributed by atoms with Gasteiger partial charge in [-0.05, 0) is 35.7 Å². The van der Waals surface area contributed by atoms with E-state index in [9.17, 15) is 14.0 Å². The molecule has 0 spiro atoms. The predicted octanol–water partition coefficient (Wildman–Crippen LogP) is 3.82. The minimum atomic E-state index is -0.520. The molecule has 0 saturated carbocycles. The number of hydrogen-bond donors (Lipinski definition) is 3. The largest absolute Gasteiger partial charge is 0.363 e. The van der Waals surface area contributed by atoms with E-state index in [0.29, 0.717) is 35.4 Å². The van der Waals surface area contributed by atoms with Crippen LogP contribution in [0.2, 0.25) is 5.02 Å². The Kier molecular flexibility index (Phi) is 6.60. The summed E-state index contributed by atoms with van der Waals surface area (Å²) in [7, 11) is 0. The number of fused-ring (bicyclic) bond motifs is 1.